The van der Waals surface area contributed by atoms with E-state index in [-0.39, 0.29) is 5.91 Å². The zero-order chi connectivity index (χ0) is 14.4. The average molecular weight is 278 g/mol. The summed E-state index contributed by atoms with van der Waals surface area (Å²) in [5, 5.41) is 9.25. The molecule has 1 aliphatic rings. The van der Waals surface area contributed by atoms with Crippen LogP contribution in [0.1, 0.15) is 24.8 Å². The van der Waals surface area contributed by atoms with Crippen LogP contribution in [0.5, 0.6) is 0 Å². The van der Waals surface area contributed by atoms with Crippen LogP contribution in [0, 0.1) is 6.92 Å². The molecular weight excluding hydrogens is 256 g/mol. The van der Waals surface area contributed by atoms with Crippen molar-refractivity contribution in [2.24, 2.45) is 5.73 Å². The lowest BCUT2D eigenvalue weighted by atomic mass is 10.1. The second kappa shape index (κ2) is 7.04. The largest absolute Gasteiger partial charge is 0.370 e. The summed E-state index contributed by atoms with van der Waals surface area (Å²) in [6.45, 7) is 4.02. The number of hydrogen-bond acceptors (Lipinski definition) is 6. The Morgan fingerprint density at radius 3 is 2.80 bits per heavy atom. The molecule has 0 radical (unpaired) electrons. The number of nitrogens with one attached hydrogen (secondary N) is 3. The molecule has 110 valence electrons. The first kappa shape index (κ1) is 14.5. The number of nitrogens with two attached hydrogens (primary N) is 1. The van der Waals surface area contributed by atoms with Gasteiger partial charge in [-0.25, -0.2) is 4.98 Å². The molecule has 1 amide bonds. The minimum Gasteiger partial charge on any atom is -0.370 e. The Kier molecular flexibility index (Phi) is 5.11. The van der Waals surface area contributed by atoms with Gasteiger partial charge in [-0.1, -0.05) is 0 Å². The molecule has 0 aliphatic carbocycles. The fourth-order valence-electron chi connectivity index (χ4n) is 2.00. The van der Waals surface area contributed by atoms with Gasteiger partial charge in [-0.3, -0.25) is 4.79 Å². The molecule has 1 aromatic rings. The monoisotopic (exact) mass is 278 g/mol. The van der Waals surface area contributed by atoms with E-state index in [4.69, 9.17) is 5.73 Å². The molecule has 0 unspecified atom stereocenters. The highest BCUT2D eigenvalue weighted by molar-refractivity contribution is 5.81. The minimum atomic E-state index is -0.435. The molecule has 0 aromatic carbocycles. The van der Waals surface area contributed by atoms with Crippen molar-refractivity contribution >= 4 is 17.7 Å². The number of aromatic nitrogens is 2. The number of nitrogens with zero attached hydrogens (tertiary/aromatic N) is 2. The number of carbonyl (C=O) groups excluding carboxylic acids is 1. The van der Waals surface area contributed by atoms with Gasteiger partial charge in [0.2, 0.25) is 11.9 Å². The van der Waals surface area contributed by atoms with Crippen molar-refractivity contribution in [2.45, 2.75) is 32.2 Å². The summed E-state index contributed by atoms with van der Waals surface area (Å²) in [4.78, 5) is 20.4. The van der Waals surface area contributed by atoms with Crippen LogP contribution in [0.15, 0.2) is 6.20 Å². The molecule has 1 aliphatic heterocycles. The van der Waals surface area contributed by atoms with Crippen molar-refractivity contribution in [3.05, 3.63) is 11.8 Å². The summed E-state index contributed by atoms with van der Waals surface area (Å²) in [5.74, 6) is 1.36. The third-order valence-corrected chi connectivity index (χ3v) is 3.23. The average Bonchev–Trinajstić information content (AvgIpc) is 2.44. The van der Waals surface area contributed by atoms with E-state index in [1.165, 1.54) is 0 Å². The van der Waals surface area contributed by atoms with Crippen LogP contribution in [0.2, 0.25) is 0 Å². The van der Waals surface area contributed by atoms with Crippen molar-refractivity contribution in [2.75, 3.05) is 30.3 Å². The van der Waals surface area contributed by atoms with Crippen LogP contribution in [-0.2, 0) is 4.79 Å². The van der Waals surface area contributed by atoms with E-state index in [0.29, 0.717) is 25.5 Å². The highest BCUT2D eigenvalue weighted by Gasteiger charge is 2.13. The first-order chi connectivity index (χ1) is 9.66. The predicted octanol–water partition coefficient (Wildman–Crippen LogP) is 0.236. The molecule has 5 N–H and O–H groups in total. The maximum atomic E-state index is 11.7. The normalized spacial score (nSPS) is 21.1. The van der Waals surface area contributed by atoms with Gasteiger partial charge < -0.3 is 21.7 Å². The van der Waals surface area contributed by atoms with Crippen molar-refractivity contribution in [1.82, 2.24) is 15.3 Å². The molecule has 0 saturated heterocycles. The summed E-state index contributed by atoms with van der Waals surface area (Å²) in [7, 11) is 0. The summed E-state index contributed by atoms with van der Waals surface area (Å²) in [6.07, 6.45) is 4.09. The third kappa shape index (κ3) is 4.06. The Labute approximate surface area is 118 Å². The molecule has 1 atom stereocenters. The first-order valence-corrected chi connectivity index (χ1v) is 7.01. The number of amides is 1. The highest BCUT2D eigenvalue weighted by Crippen LogP contribution is 2.13. The summed E-state index contributed by atoms with van der Waals surface area (Å²) < 4.78 is 0. The lowest BCUT2D eigenvalue weighted by molar-refractivity contribution is -0.122. The maximum Gasteiger partial charge on any atom is 0.236 e. The Hall–Kier alpha value is -1.89. The Balaban J connectivity index is 2.03. The molecule has 7 heteroatoms. The first-order valence-electron chi connectivity index (χ1n) is 7.01. The molecule has 7 nitrogen and oxygen atoms in total. The third-order valence-electron chi connectivity index (χ3n) is 3.23. The second-order valence-corrected chi connectivity index (χ2v) is 4.97. The summed E-state index contributed by atoms with van der Waals surface area (Å²) >= 11 is 0. The van der Waals surface area contributed by atoms with E-state index in [1.807, 2.05) is 6.92 Å². The molecule has 0 spiro atoms. The Morgan fingerprint density at radius 1 is 1.20 bits per heavy atom. The quantitative estimate of drug-likeness (QED) is 0.542. The Morgan fingerprint density at radius 2 is 1.95 bits per heavy atom. The summed E-state index contributed by atoms with van der Waals surface area (Å²) in [5.41, 5.74) is 6.84. The zero-order valence-electron chi connectivity index (χ0n) is 11.8. The standard InChI is InChI=1S/C13H22N6O/c1-9-8-18-13-17-7-3-6-16-12(20)10(14)4-2-5-15-11(9)19-13/h8,10H,2-7,14H2,1H3,(H,16,20)(H2,15,17,18,19)/t10-/m0/s1. The fourth-order valence-corrected chi connectivity index (χ4v) is 2.00. The number of fused-ring (bicyclic) bond motifs is 2. The minimum absolute atomic E-state index is 0.0759. The van der Waals surface area contributed by atoms with Crippen molar-refractivity contribution in [3.8, 4) is 0 Å². The molecule has 2 rings (SSSR count). The van der Waals surface area contributed by atoms with Crippen LogP contribution < -0.4 is 21.7 Å². The van der Waals surface area contributed by atoms with Gasteiger partial charge in [0, 0.05) is 31.4 Å². The number of hydrogen-bond donors (Lipinski definition) is 4. The zero-order valence-corrected chi connectivity index (χ0v) is 11.8. The number of aryl methyl sites for hydroxylation is 1. The molecule has 2 heterocycles. The highest BCUT2D eigenvalue weighted by atomic mass is 16.2. The molecule has 0 saturated carbocycles. The van der Waals surface area contributed by atoms with E-state index < -0.39 is 6.04 Å². The molecule has 2 bridgehead atoms. The van der Waals surface area contributed by atoms with E-state index in [2.05, 4.69) is 25.9 Å². The predicted molar refractivity (Wildman–Crippen MR) is 78.6 cm³/mol. The van der Waals surface area contributed by atoms with Crippen LogP contribution in [0.4, 0.5) is 11.8 Å². The smallest absolute Gasteiger partial charge is 0.236 e. The van der Waals surface area contributed by atoms with E-state index >= 15 is 0 Å². The number of rotatable bonds is 0. The van der Waals surface area contributed by atoms with Gasteiger partial charge in [-0.2, -0.15) is 4.98 Å². The van der Waals surface area contributed by atoms with E-state index in [0.717, 1.165) is 30.8 Å². The van der Waals surface area contributed by atoms with Gasteiger partial charge in [0.15, 0.2) is 0 Å². The molecule has 0 fully saturated rings. The second-order valence-electron chi connectivity index (χ2n) is 4.97. The van der Waals surface area contributed by atoms with Crippen molar-refractivity contribution in [1.29, 1.82) is 0 Å². The maximum absolute atomic E-state index is 11.7. The van der Waals surface area contributed by atoms with Crippen molar-refractivity contribution in [3.63, 3.8) is 0 Å². The van der Waals surface area contributed by atoms with Gasteiger partial charge in [-0.15, -0.1) is 0 Å². The molecule has 1 aromatic heterocycles. The van der Waals surface area contributed by atoms with Crippen molar-refractivity contribution < 1.29 is 4.79 Å². The van der Waals surface area contributed by atoms with E-state index in [1.54, 1.807) is 6.20 Å². The van der Waals surface area contributed by atoms with Crippen LogP contribution in [-0.4, -0.2) is 41.6 Å². The van der Waals surface area contributed by atoms with Gasteiger partial charge >= 0.3 is 0 Å². The van der Waals surface area contributed by atoms with Crippen LogP contribution in [0.25, 0.3) is 0 Å². The van der Waals surface area contributed by atoms with Gasteiger partial charge in [-0.05, 0) is 26.2 Å². The van der Waals surface area contributed by atoms with Crippen LogP contribution in [0.3, 0.4) is 0 Å². The van der Waals surface area contributed by atoms with Crippen LogP contribution >= 0.6 is 0 Å². The lowest BCUT2D eigenvalue weighted by Gasteiger charge is -2.15. The van der Waals surface area contributed by atoms with E-state index in [9.17, 15) is 4.79 Å². The number of carbonyl (C=O) groups is 1. The topological polar surface area (TPSA) is 105 Å². The fraction of sp³-hybridized carbons (Fsp3) is 0.615. The molecule has 20 heavy (non-hydrogen) atoms. The van der Waals surface area contributed by atoms with Gasteiger partial charge in [0.25, 0.3) is 0 Å². The Bertz CT molecular complexity index is 464. The number of anilines is 2. The molecular formula is C13H22N6O. The van der Waals surface area contributed by atoms with Gasteiger partial charge in [0.1, 0.15) is 5.82 Å². The van der Waals surface area contributed by atoms with Gasteiger partial charge in [0.05, 0.1) is 6.04 Å². The summed E-state index contributed by atoms with van der Waals surface area (Å²) in [6, 6.07) is -0.435. The SMILES string of the molecule is Cc1cnc2nc1NCCC[C@H](N)C(=O)NCCCN2. The lowest BCUT2D eigenvalue weighted by Crippen LogP contribution is -2.41.